The summed E-state index contributed by atoms with van der Waals surface area (Å²) in [5, 5.41) is 10.3. The molecule has 0 bridgehead atoms. The fourth-order valence-electron chi connectivity index (χ4n) is 0.801. The second kappa shape index (κ2) is 4.78. The van der Waals surface area contributed by atoms with Crippen molar-refractivity contribution >= 4 is 21.5 Å². The van der Waals surface area contributed by atoms with Crippen LogP contribution in [0.1, 0.15) is 0 Å². The minimum atomic E-state index is -5.77. The average molecular weight is 286 g/mol. The van der Waals surface area contributed by atoms with E-state index in [9.17, 15) is 31.7 Å². The topological polar surface area (TPSA) is 98.5 Å². The maximum absolute atomic E-state index is 11.9. The molecule has 0 heterocycles. The van der Waals surface area contributed by atoms with E-state index in [1.54, 1.807) is 0 Å². The zero-order valence-electron chi connectivity index (χ0n) is 8.34. The van der Waals surface area contributed by atoms with E-state index in [1.165, 1.54) is 5.48 Å². The van der Waals surface area contributed by atoms with Crippen LogP contribution in [-0.2, 0) is 14.4 Å². The number of non-ortho nitro benzene ring substituents is 1. The van der Waals surface area contributed by atoms with Crippen molar-refractivity contribution in [2.45, 2.75) is 5.51 Å². The van der Waals surface area contributed by atoms with Crippen LogP contribution in [0.2, 0.25) is 0 Å². The third-order valence-corrected chi connectivity index (χ3v) is 2.50. The first kappa shape index (κ1) is 14.2. The Kier molecular flexibility index (Phi) is 3.76. The summed E-state index contributed by atoms with van der Waals surface area (Å²) in [6.45, 7) is 0. The Morgan fingerprint density at radius 2 is 1.72 bits per heavy atom. The number of anilines is 1. The third kappa shape index (κ3) is 3.30. The number of benzene rings is 1. The number of nitro groups is 1. The molecular weight excluding hydrogens is 281 g/mol. The monoisotopic (exact) mass is 286 g/mol. The first-order chi connectivity index (χ1) is 8.13. The van der Waals surface area contributed by atoms with E-state index < -0.39 is 20.5 Å². The van der Waals surface area contributed by atoms with Gasteiger partial charge in [0.2, 0.25) is 0 Å². The molecule has 100 valence electrons. The molecule has 1 rings (SSSR count). The summed E-state index contributed by atoms with van der Waals surface area (Å²) in [7, 11) is -5.77. The zero-order valence-corrected chi connectivity index (χ0v) is 9.16. The van der Waals surface area contributed by atoms with E-state index in [0.717, 1.165) is 24.3 Å². The molecule has 0 spiro atoms. The Morgan fingerprint density at radius 1 is 1.22 bits per heavy atom. The van der Waals surface area contributed by atoms with Crippen molar-refractivity contribution in [3.63, 3.8) is 0 Å². The van der Waals surface area contributed by atoms with Crippen molar-refractivity contribution in [3.05, 3.63) is 34.4 Å². The third-order valence-electron chi connectivity index (χ3n) is 1.63. The molecule has 0 aromatic heterocycles. The van der Waals surface area contributed by atoms with Crippen LogP contribution >= 0.6 is 0 Å². The van der Waals surface area contributed by atoms with E-state index >= 15 is 0 Å². The van der Waals surface area contributed by atoms with Gasteiger partial charge in [0, 0.05) is 12.1 Å². The Bertz CT molecular complexity index is 539. The van der Waals surface area contributed by atoms with Crippen LogP contribution in [-0.4, -0.2) is 18.8 Å². The molecule has 0 aliphatic carbocycles. The number of hydrogen-bond donors (Lipinski definition) is 1. The summed E-state index contributed by atoms with van der Waals surface area (Å²) in [5.74, 6) is 0. The summed E-state index contributed by atoms with van der Waals surface area (Å²) in [6, 6.07) is 3.91. The van der Waals surface area contributed by atoms with Gasteiger partial charge in [-0.3, -0.25) is 10.1 Å². The van der Waals surface area contributed by atoms with Crippen LogP contribution in [0.15, 0.2) is 24.3 Å². The maximum Gasteiger partial charge on any atom is 0.525 e. The van der Waals surface area contributed by atoms with Crippen molar-refractivity contribution in [3.8, 4) is 0 Å². The summed E-state index contributed by atoms with van der Waals surface area (Å²) in [4.78, 5) is 9.54. The minimum absolute atomic E-state index is 0.187. The van der Waals surface area contributed by atoms with Gasteiger partial charge in [-0.1, -0.05) is 0 Å². The molecule has 0 saturated heterocycles. The minimum Gasteiger partial charge on any atom is -0.258 e. The lowest BCUT2D eigenvalue weighted by Gasteiger charge is -2.09. The van der Waals surface area contributed by atoms with E-state index in [-0.39, 0.29) is 11.4 Å². The van der Waals surface area contributed by atoms with Crippen LogP contribution < -0.4 is 5.48 Å². The number of alkyl halides is 3. The number of hydrogen-bond acceptors (Lipinski definition) is 6. The van der Waals surface area contributed by atoms with Gasteiger partial charge in [0.1, 0.15) is 0 Å². The highest BCUT2D eigenvalue weighted by Crippen LogP contribution is 2.25. The first-order valence-corrected chi connectivity index (χ1v) is 5.54. The molecule has 1 aromatic carbocycles. The first-order valence-electron chi connectivity index (χ1n) is 4.14. The van der Waals surface area contributed by atoms with Crippen LogP contribution in [0.25, 0.3) is 0 Å². The highest BCUT2D eigenvalue weighted by molar-refractivity contribution is 7.87. The van der Waals surface area contributed by atoms with Gasteiger partial charge < -0.3 is 0 Å². The van der Waals surface area contributed by atoms with Crippen molar-refractivity contribution in [1.29, 1.82) is 0 Å². The summed E-state index contributed by atoms with van der Waals surface area (Å²) < 4.78 is 60.1. The Balaban J connectivity index is 2.74. The standard InChI is InChI=1S/C7H5F3N2O5S/c8-7(9,10)18(15,16)17-11-5-1-3-6(4-2-5)12(13)14/h1-4,11H. The second-order valence-electron chi connectivity index (χ2n) is 2.89. The molecule has 1 aromatic rings. The van der Waals surface area contributed by atoms with Crippen molar-refractivity contribution in [2.24, 2.45) is 0 Å². The molecule has 0 unspecified atom stereocenters. The fourth-order valence-corrected chi connectivity index (χ4v) is 1.10. The molecule has 0 atom stereocenters. The lowest BCUT2D eigenvalue weighted by atomic mass is 10.3. The van der Waals surface area contributed by atoms with Crippen LogP contribution in [0.4, 0.5) is 24.5 Å². The molecular formula is C7H5F3N2O5S. The number of nitro benzene ring substituents is 1. The van der Waals surface area contributed by atoms with E-state index in [0.29, 0.717) is 0 Å². The van der Waals surface area contributed by atoms with Gasteiger partial charge >= 0.3 is 15.6 Å². The Labute approximate surface area is 98.4 Å². The SMILES string of the molecule is O=[N+]([O-])c1ccc(NOS(=O)(=O)C(F)(F)F)cc1. The number of nitrogens with one attached hydrogen (secondary N) is 1. The molecule has 11 heteroatoms. The van der Waals surface area contributed by atoms with Gasteiger partial charge in [-0.05, 0) is 12.1 Å². The van der Waals surface area contributed by atoms with Gasteiger partial charge in [0.15, 0.2) is 0 Å². The average Bonchev–Trinajstić information content (AvgIpc) is 2.25. The summed E-state index contributed by atoms with van der Waals surface area (Å²) >= 11 is 0. The smallest absolute Gasteiger partial charge is 0.258 e. The van der Waals surface area contributed by atoms with Gasteiger partial charge in [-0.25, -0.2) is 5.48 Å². The normalized spacial score (nSPS) is 12.2. The number of nitrogens with zero attached hydrogens (tertiary/aromatic N) is 1. The van der Waals surface area contributed by atoms with Crippen molar-refractivity contribution in [2.75, 3.05) is 5.48 Å². The highest BCUT2D eigenvalue weighted by atomic mass is 32.2. The molecule has 0 aliphatic heterocycles. The van der Waals surface area contributed by atoms with E-state index in [1.807, 2.05) is 0 Å². The zero-order chi connectivity index (χ0) is 14.0. The lowest BCUT2D eigenvalue weighted by molar-refractivity contribution is -0.384. The van der Waals surface area contributed by atoms with Crippen LogP contribution in [0, 0.1) is 10.1 Å². The molecule has 0 amide bonds. The quantitative estimate of drug-likeness (QED) is 0.514. The van der Waals surface area contributed by atoms with Crippen molar-refractivity contribution < 1.29 is 30.8 Å². The number of rotatable bonds is 4. The maximum atomic E-state index is 11.9. The predicted octanol–water partition coefficient (Wildman–Crippen LogP) is 1.79. The molecule has 0 saturated carbocycles. The summed E-state index contributed by atoms with van der Waals surface area (Å²) in [6.07, 6.45) is 0. The fraction of sp³-hybridized carbons (Fsp3) is 0.143. The Hall–Kier alpha value is -1.88. The molecule has 7 nitrogen and oxygen atoms in total. The molecule has 0 aliphatic rings. The van der Waals surface area contributed by atoms with Gasteiger partial charge in [0.05, 0.1) is 10.6 Å². The molecule has 0 radical (unpaired) electrons. The molecule has 18 heavy (non-hydrogen) atoms. The highest BCUT2D eigenvalue weighted by Gasteiger charge is 2.48. The van der Waals surface area contributed by atoms with Gasteiger partial charge in [-0.2, -0.15) is 21.6 Å². The van der Waals surface area contributed by atoms with Crippen LogP contribution in [0.5, 0.6) is 0 Å². The van der Waals surface area contributed by atoms with E-state index in [4.69, 9.17) is 0 Å². The predicted molar refractivity (Wildman–Crippen MR) is 52.8 cm³/mol. The summed E-state index contributed by atoms with van der Waals surface area (Å²) in [5.41, 5.74) is -4.52. The molecule has 0 fully saturated rings. The van der Waals surface area contributed by atoms with Gasteiger partial charge in [0.25, 0.3) is 5.69 Å². The van der Waals surface area contributed by atoms with Crippen molar-refractivity contribution in [1.82, 2.24) is 0 Å². The Morgan fingerprint density at radius 3 is 2.11 bits per heavy atom. The van der Waals surface area contributed by atoms with Gasteiger partial charge in [-0.15, -0.1) is 4.28 Å². The van der Waals surface area contributed by atoms with E-state index in [2.05, 4.69) is 4.28 Å². The lowest BCUT2D eigenvalue weighted by Crippen LogP contribution is -2.27. The number of halogens is 3. The van der Waals surface area contributed by atoms with Crippen LogP contribution in [0.3, 0.4) is 0 Å². The largest absolute Gasteiger partial charge is 0.525 e. The second-order valence-corrected chi connectivity index (χ2v) is 4.43. The molecule has 1 N–H and O–H groups in total.